The van der Waals surface area contributed by atoms with Gasteiger partial charge in [0.2, 0.25) is 5.91 Å². The molecule has 0 bridgehead atoms. The number of benzene rings is 3. The van der Waals surface area contributed by atoms with Crippen molar-refractivity contribution in [3.8, 4) is 11.5 Å². The lowest BCUT2D eigenvalue weighted by Crippen LogP contribution is -2.51. The molecule has 1 atom stereocenters. The van der Waals surface area contributed by atoms with Crippen LogP contribution in [0.3, 0.4) is 0 Å². The lowest BCUT2D eigenvalue weighted by atomic mass is 9.73. The summed E-state index contributed by atoms with van der Waals surface area (Å²) in [5.74, 6) is 1.42. The molecule has 0 aromatic heterocycles. The molecule has 0 saturated carbocycles. The van der Waals surface area contributed by atoms with Crippen LogP contribution in [-0.2, 0) is 9.59 Å². The first-order chi connectivity index (χ1) is 22.3. The van der Waals surface area contributed by atoms with Crippen LogP contribution in [0.25, 0.3) is 6.08 Å². The lowest BCUT2D eigenvalue weighted by molar-refractivity contribution is -0.131. The van der Waals surface area contributed by atoms with Crippen molar-refractivity contribution in [2.75, 3.05) is 63.7 Å². The fraction of sp³-hybridized carbons (Fsp3) is 0.368. The SMILES string of the molecule is COc1ccc(OC)c(C2C3=C(CC(C)(C)CC3=O)Nc3ccccc3N2CC(=O)N2CCN(C/C=C/c3ccccc3)CC2)c1. The Labute approximate surface area is 272 Å². The van der Waals surface area contributed by atoms with Crippen molar-refractivity contribution in [1.82, 2.24) is 9.80 Å². The number of amides is 1. The van der Waals surface area contributed by atoms with E-state index in [0.29, 0.717) is 43.0 Å². The molecule has 8 heteroatoms. The monoisotopic (exact) mass is 620 g/mol. The summed E-state index contributed by atoms with van der Waals surface area (Å²) in [6.45, 7) is 8.14. The summed E-state index contributed by atoms with van der Waals surface area (Å²) in [6.07, 6.45) is 5.47. The molecule has 0 radical (unpaired) electrons. The van der Waals surface area contributed by atoms with E-state index in [1.165, 1.54) is 5.56 Å². The maximum Gasteiger partial charge on any atom is 0.242 e. The van der Waals surface area contributed by atoms with Crippen LogP contribution in [-0.4, -0.2) is 75.0 Å². The van der Waals surface area contributed by atoms with E-state index in [2.05, 4.69) is 53.2 Å². The average Bonchev–Trinajstić information content (AvgIpc) is 3.19. The number of ether oxygens (including phenoxy) is 2. The zero-order valence-corrected chi connectivity index (χ0v) is 27.3. The molecule has 6 rings (SSSR count). The third kappa shape index (κ3) is 6.67. The van der Waals surface area contributed by atoms with Gasteiger partial charge in [-0.1, -0.05) is 68.5 Å². The highest BCUT2D eigenvalue weighted by molar-refractivity contribution is 6.02. The average molecular weight is 621 g/mol. The van der Waals surface area contributed by atoms with E-state index in [-0.39, 0.29) is 23.7 Å². The van der Waals surface area contributed by atoms with Crippen molar-refractivity contribution in [3.05, 3.63) is 101 Å². The Morgan fingerprint density at radius 1 is 0.935 bits per heavy atom. The van der Waals surface area contributed by atoms with Gasteiger partial charge in [0.15, 0.2) is 5.78 Å². The van der Waals surface area contributed by atoms with Gasteiger partial charge in [-0.15, -0.1) is 0 Å². The van der Waals surface area contributed by atoms with Gasteiger partial charge in [-0.05, 0) is 47.7 Å². The van der Waals surface area contributed by atoms with Crippen LogP contribution in [0, 0.1) is 5.41 Å². The number of hydrogen-bond donors (Lipinski definition) is 1. The van der Waals surface area contributed by atoms with Gasteiger partial charge in [0.25, 0.3) is 0 Å². The molecule has 1 fully saturated rings. The second kappa shape index (κ2) is 13.4. The van der Waals surface area contributed by atoms with Gasteiger partial charge < -0.3 is 24.6 Å². The number of allylic oxidation sites excluding steroid dienone is 1. The summed E-state index contributed by atoms with van der Waals surface area (Å²) in [5.41, 5.74) is 5.12. The first-order valence-electron chi connectivity index (χ1n) is 16.1. The number of nitrogens with one attached hydrogen (secondary N) is 1. The largest absolute Gasteiger partial charge is 0.497 e. The minimum atomic E-state index is -0.548. The van der Waals surface area contributed by atoms with Crippen LogP contribution in [0.4, 0.5) is 11.4 Å². The Hall–Kier alpha value is -4.56. The summed E-state index contributed by atoms with van der Waals surface area (Å²) < 4.78 is 11.5. The maximum absolute atomic E-state index is 14.2. The first kappa shape index (κ1) is 31.4. The molecule has 3 aromatic carbocycles. The molecule has 240 valence electrons. The minimum Gasteiger partial charge on any atom is -0.497 e. The van der Waals surface area contributed by atoms with Gasteiger partial charge >= 0.3 is 0 Å². The van der Waals surface area contributed by atoms with Gasteiger partial charge in [-0.25, -0.2) is 0 Å². The second-order valence-electron chi connectivity index (χ2n) is 13.1. The molecule has 0 spiro atoms. The van der Waals surface area contributed by atoms with E-state index in [1.807, 2.05) is 65.6 Å². The Balaban J connectivity index is 1.31. The van der Waals surface area contributed by atoms with E-state index in [9.17, 15) is 9.59 Å². The smallest absolute Gasteiger partial charge is 0.242 e. The van der Waals surface area contributed by atoms with Gasteiger partial charge in [0.05, 0.1) is 38.2 Å². The topological polar surface area (TPSA) is 74.3 Å². The molecule has 2 heterocycles. The Kier molecular flexibility index (Phi) is 9.17. The molecule has 46 heavy (non-hydrogen) atoms. The van der Waals surface area contributed by atoms with Crippen molar-refractivity contribution in [3.63, 3.8) is 0 Å². The second-order valence-corrected chi connectivity index (χ2v) is 13.1. The quantitative estimate of drug-likeness (QED) is 0.323. The molecule has 3 aromatic rings. The molecule has 2 aliphatic heterocycles. The van der Waals surface area contributed by atoms with Crippen molar-refractivity contribution in [1.29, 1.82) is 0 Å². The fourth-order valence-corrected chi connectivity index (χ4v) is 6.93. The molecule has 1 amide bonds. The Bertz CT molecular complexity index is 1640. The van der Waals surface area contributed by atoms with Crippen LogP contribution < -0.4 is 19.7 Å². The van der Waals surface area contributed by atoms with E-state index in [4.69, 9.17) is 9.47 Å². The third-order valence-corrected chi connectivity index (χ3v) is 9.24. The van der Waals surface area contributed by atoms with E-state index in [0.717, 1.165) is 42.3 Å². The van der Waals surface area contributed by atoms with E-state index in [1.54, 1.807) is 14.2 Å². The highest BCUT2D eigenvalue weighted by Crippen LogP contribution is 2.50. The standard InChI is InChI=1S/C38H44N4O4/c1-38(2)24-31-36(33(43)25-38)37(29-23-28(45-3)16-17-34(29)46-4)42(32-15-9-8-14-30(32)39-31)26-35(44)41-21-19-40(20-22-41)18-10-13-27-11-6-5-7-12-27/h5-17,23,37,39H,18-22,24-26H2,1-4H3/b13-10+. The number of nitrogens with zero attached hydrogens (tertiary/aromatic N) is 3. The third-order valence-electron chi connectivity index (χ3n) is 9.24. The van der Waals surface area contributed by atoms with Crippen molar-refractivity contribution >= 4 is 29.1 Å². The summed E-state index contributed by atoms with van der Waals surface area (Å²) in [4.78, 5) is 34.7. The van der Waals surface area contributed by atoms with Gasteiger partial charge in [0, 0.05) is 56.0 Å². The normalized spacial score (nSPS) is 19.7. The lowest BCUT2D eigenvalue weighted by Gasteiger charge is -2.40. The summed E-state index contributed by atoms with van der Waals surface area (Å²) in [5, 5.41) is 3.64. The predicted molar refractivity (Wildman–Crippen MR) is 183 cm³/mol. The number of methoxy groups -OCH3 is 2. The zero-order valence-electron chi connectivity index (χ0n) is 27.3. The van der Waals surface area contributed by atoms with Crippen LogP contribution in [0.5, 0.6) is 11.5 Å². The number of carbonyl (C=O) groups is 2. The molecular formula is C38H44N4O4. The van der Waals surface area contributed by atoms with Gasteiger partial charge in [-0.2, -0.15) is 0 Å². The zero-order chi connectivity index (χ0) is 32.3. The predicted octanol–water partition coefficient (Wildman–Crippen LogP) is 6.18. The fourth-order valence-electron chi connectivity index (χ4n) is 6.93. The van der Waals surface area contributed by atoms with Gasteiger partial charge in [-0.3, -0.25) is 14.5 Å². The van der Waals surface area contributed by atoms with Crippen LogP contribution in [0.1, 0.15) is 43.9 Å². The highest BCUT2D eigenvalue weighted by atomic mass is 16.5. The summed E-state index contributed by atoms with van der Waals surface area (Å²) in [7, 11) is 3.27. The molecule has 1 saturated heterocycles. The number of Topliss-reactive ketones (excluding diaryl/α,β-unsaturated/α-hetero) is 1. The number of piperazine rings is 1. The van der Waals surface area contributed by atoms with Crippen molar-refractivity contribution < 1.29 is 19.1 Å². The van der Waals surface area contributed by atoms with Crippen molar-refractivity contribution in [2.24, 2.45) is 5.41 Å². The van der Waals surface area contributed by atoms with E-state index < -0.39 is 6.04 Å². The summed E-state index contributed by atoms with van der Waals surface area (Å²) in [6, 6.07) is 23.4. The number of rotatable bonds is 8. The summed E-state index contributed by atoms with van der Waals surface area (Å²) >= 11 is 0. The Morgan fingerprint density at radius 3 is 2.41 bits per heavy atom. The van der Waals surface area contributed by atoms with Crippen LogP contribution >= 0.6 is 0 Å². The number of anilines is 2. The molecular weight excluding hydrogens is 576 g/mol. The Morgan fingerprint density at radius 2 is 1.67 bits per heavy atom. The molecule has 3 aliphatic rings. The van der Waals surface area contributed by atoms with Crippen LogP contribution in [0.15, 0.2) is 90.1 Å². The first-order valence-corrected chi connectivity index (χ1v) is 16.1. The number of fused-ring (bicyclic) bond motifs is 1. The number of carbonyl (C=O) groups excluding carboxylic acids is 2. The minimum absolute atomic E-state index is 0.0359. The van der Waals surface area contributed by atoms with Gasteiger partial charge in [0.1, 0.15) is 11.5 Å². The maximum atomic E-state index is 14.2. The highest BCUT2D eigenvalue weighted by Gasteiger charge is 2.43. The molecule has 8 nitrogen and oxygen atoms in total. The van der Waals surface area contributed by atoms with Crippen molar-refractivity contribution in [2.45, 2.75) is 32.7 Å². The number of hydrogen-bond acceptors (Lipinski definition) is 7. The number of para-hydroxylation sites is 2. The molecule has 1 N–H and O–H groups in total. The number of ketones is 1. The molecule has 1 unspecified atom stereocenters. The van der Waals surface area contributed by atoms with Crippen LogP contribution in [0.2, 0.25) is 0 Å². The molecule has 1 aliphatic carbocycles. The van der Waals surface area contributed by atoms with E-state index >= 15 is 0 Å².